The fourth-order valence-corrected chi connectivity index (χ4v) is 4.88. The molecule has 0 aromatic rings. The van der Waals surface area contributed by atoms with Gasteiger partial charge in [0.1, 0.15) is 0 Å². The highest BCUT2D eigenvalue weighted by Crippen LogP contribution is 2.64. The molecule has 0 aromatic carbocycles. The molecule has 0 N–H and O–H groups in total. The number of nitriles is 1. The molecule has 0 heterocycles. The molecule has 0 spiro atoms. The van der Waals surface area contributed by atoms with Crippen LogP contribution in [-0.4, -0.2) is 0 Å². The Kier molecular flexibility index (Phi) is 1.20. The lowest BCUT2D eigenvalue weighted by Gasteiger charge is -2.47. The SMILES string of the molecule is N#CC1CC2CC1C1C3C=C(C3)CC21. The molecule has 14 heavy (non-hydrogen) atoms. The second-order valence-electron chi connectivity index (χ2n) is 5.77. The molecule has 0 aliphatic heterocycles. The summed E-state index contributed by atoms with van der Waals surface area (Å²) in [6.45, 7) is 0. The molecule has 5 rings (SSSR count). The van der Waals surface area contributed by atoms with E-state index in [1.165, 1.54) is 25.7 Å². The molecule has 5 aliphatic rings. The highest BCUT2D eigenvalue weighted by atomic mass is 14.6. The van der Waals surface area contributed by atoms with Crippen molar-refractivity contribution in [2.45, 2.75) is 25.7 Å². The van der Waals surface area contributed by atoms with E-state index in [0.29, 0.717) is 5.92 Å². The zero-order valence-electron chi connectivity index (χ0n) is 8.32. The van der Waals surface area contributed by atoms with Crippen LogP contribution < -0.4 is 0 Å². The van der Waals surface area contributed by atoms with Gasteiger partial charge in [-0.15, -0.1) is 0 Å². The van der Waals surface area contributed by atoms with Gasteiger partial charge in [0.15, 0.2) is 0 Å². The van der Waals surface area contributed by atoms with Crippen LogP contribution in [0.2, 0.25) is 0 Å². The summed E-state index contributed by atoms with van der Waals surface area (Å²) in [6, 6.07) is 2.55. The molecule has 0 aromatic heterocycles. The smallest absolute Gasteiger partial charge is 0.0658 e. The van der Waals surface area contributed by atoms with E-state index in [0.717, 1.165) is 29.6 Å². The average molecular weight is 185 g/mol. The summed E-state index contributed by atoms with van der Waals surface area (Å²) in [5, 5.41) is 9.11. The lowest BCUT2D eigenvalue weighted by atomic mass is 9.57. The molecule has 3 saturated carbocycles. The van der Waals surface area contributed by atoms with Crippen molar-refractivity contribution in [3.63, 3.8) is 0 Å². The minimum absolute atomic E-state index is 0.414. The summed E-state index contributed by atoms with van der Waals surface area (Å²) in [5.74, 6) is 4.89. The van der Waals surface area contributed by atoms with Crippen molar-refractivity contribution in [3.05, 3.63) is 11.6 Å². The van der Waals surface area contributed by atoms with Gasteiger partial charge in [-0.1, -0.05) is 11.6 Å². The summed E-state index contributed by atoms with van der Waals surface area (Å²) in [6.07, 6.45) is 7.88. The van der Waals surface area contributed by atoms with Gasteiger partial charge in [-0.3, -0.25) is 0 Å². The Morgan fingerprint density at radius 3 is 2.86 bits per heavy atom. The van der Waals surface area contributed by atoms with E-state index in [9.17, 15) is 0 Å². The number of hydrogen-bond acceptors (Lipinski definition) is 1. The largest absolute Gasteiger partial charge is 0.198 e. The van der Waals surface area contributed by atoms with Crippen LogP contribution in [0.15, 0.2) is 11.6 Å². The van der Waals surface area contributed by atoms with Crippen LogP contribution in [0.25, 0.3) is 0 Å². The Morgan fingerprint density at radius 2 is 2.07 bits per heavy atom. The van der Waals surface area contributed by atoms with E-state index in [4.69, 9.17) is 5.26 Å². The molecule has 3 fully saturated rings. The highest BCUT2D eigenvalue weighted by Gasteiger charge is 2.57. The molecule has 6 unspecified atom stereocenters. The normalized spacial score (nSPS) is 57.2. The van der Waals surface area contributed by atoms with Crippen molar-refractivity contribution in [1.29, 1.82) is 5.26 Å². The molecule has 5 aliphatic carbocycles. The quantitative estimate of drug-likeness (QED) is 0.532. The third-order valence-corrected chi connectivity index (χ3v) is 5.35. The summed E-state index contributed by atoms with van der Waals surface area (Å²) in [5.41, 5.74) is 1.73. The zero-order chi connectivity index (χ0) is 9.28. The van der Waals surface area contributed by atoms with Crippen molar-refractivity contribution in [2.75, 3.05) is 0 Å². The van der Waals surface area contributed by atoms with E-state index in [1.807, 2.05) is 0 Å². The van der Waals surface area contributed by atoms with E-state index in [2.05, 4.69) is 12.1 Å². The third-order valence-electron chi connectivity index (χ3n) is 5.35. The van der Waals surface area contributed by atoms with Gasteiger partial charge in [-0.05, 0) is 55.3 Å². The zero-order valence-corrected chi connectivity index (χ0v) is 8.32. The molecular formula is C13H15N. The van der Waals surface area contributed by atoms with Gasteiger partial charge in [0.25, 0.3) is 0 Å². The van der Waals surface area contributed by atoms with Crippen LogP contribution >= 0.6 is 0 Å². The predicted octanol–water partition coefficient (Wildman–Crippen LogP) is 2.75. The maximum absolute atomic E-state index is 9.11. The van der Waals surface area contributed by atoms with Crippen LogP contribution in [0, 0.1) is 46.8 Å². The first-order valence-electron chi connectivity index (χ1n) is 5.96. The Hall–Kier alpha value is -0.770. The van der Waals surface area contributed by atoms with Gasteiger partial charge in [0.05, 0.1) is 6.07 Å². The molecule has 0 saturated heterocycles. The summed E-state index contributed by atoms with van der Waals surface area (Å²) < 4.78 is 0. The minimum atomic E-state index is 0.414. The van der Waals surface area contributed by atoms with E-state index in [1.54, 1.807) is 5.57 Å². The van der Waals surface area contributed by atoms with Crippen LogP contribution in [0.5, 0.6) is 0 Å². The maximum atomic E-state index is 9.11. The van der Waals surface area contributed by atoms with Gasteiger partial charge in [-0.25, -0.2) is 0 Å². The number of hydrogen-bond donors (Lipinski definition) is 0. The lowest BCUT2D eigenvalue weighted by molar-refractivity contribution is 0.102. The summed E-state index contributed by atoms with van der Waals surface area (Å²) in [7, 11) is 0. The highest BCUT2D eigenvalue weighted by molar-refractivity contribution is 5.28. The number of allylic oxidation sites excluding steroid dienone is 2. The predicted molar refractivity (Wildman–Crippen MR) is 53.1 cm³/mol. The second-order valence-corrected chi connectivity index (χ2v) is 5.77. The monoisotopic (exact) mass is 185 g/mol. The molecule has 1 heteroatoms. The van der Waals surface area contributed by atoms with Gasteiger partial charge < -0.3 is 0 Å². The lowest BCUT2D eigenvalue weighted by Crippen LogP contribution is -2.40. The van der Waals surface area contributed by atoms with E-state index < -0.39 is 0 Å². The molecule has 6 atom stereocenters. The molecular weight excluding hydrogens is 170 g/mol. The van der Waals surface area contributed by atoms with Crippen LogP contribution in [0.1, 0.15) is 25.7 Å². The van der Waals surface area contributed by atoms with Crippen molar-refractivity contribution in [1.82, 2.24) is 0 Å². The van der Waals surface area contributed by atoms with Crippen molar-refractivity contribution in [2.24, 2.45) is 35.5 Å². The maximum Gasteiger partial charge on any atom is 0.0658 e. The van der Waals surface area contributed by atoms with Gasteiger partial charge in [-0.2, -0.15) is 5.26 Å². The fourth-order valence-electron chi connectivity index (χ4n) is 4.88. The second kappa shape index (κ2) is 2.24. The van der Waals surface area contributed by atoms with Gasteiger partial charge >= 0.3 is 0 Å². The Morgan fingerprint density at radius 1 is 1.21 bits per heavy atom. The van der Waals surface area contributed by atoms with E-state index >= 15 is 0 Å². The minimum Gasteiger partial charge on any atom is -0.198 e. The standard InChI is InChI=1S/C13H15N/c14-6-10-4-8-5-12(10)13-9-1-7(2-9)3-11(8)13/h1,8-13H,2-5H2. The third kappa shape index (κ3) is 0.691. The Labute approximate surface area is 84.8 Å². The van der Waals surface area contributed by atoms with Gasteiger partial charge in [0.2, 0.25) is 0 Å². The summed E-state index contributed by atoms with van der Waals surface area (Å²) in [4.78, 5) is 0. The number of rotatable bonds is 0. The molecule has 1 nitrogen and oxygen atoms in total. The molecule has 4 bridgehead atoms. The topological polar surface area (TPSA) is 23.8 Å². The first kappa shape index (κ1) is 7.51. The first-order valence-corrected chi connectivity index (χ1v) is 5.96. The van der Waals surface area contributed by atoms with Gasteiger partial charge in [0, 0.05) is 5.92 Å². The van der Waals surface area contributed by atoms with Crippen molar-refractivity contribution in [3.8, 4) is 6.07 Å². The van der Waals surface area contributed by atoms with Crippen LogP contribution in [0.3, 0.4) is 0 Å². The number of fused-ring (bicyclic) bond motifs is 2. The molecule has 72 valence electrons. The Balaban J connectivity index is 1.73. The molecule has 0 radical (unpaired) electrons. The Bertz CT molecular complexity index is 362. The first-order chi connectivity index (χ1) is 6.86. The number of nitrogens with zero attached hydrogens (tertiary/aromatic N) is 1. The van der Waals surface area contributed by atoms with Crippen LogP contribution in [0.4, 0.5) is 0 Å². The molecule has 0 amide bonds. The van der Waals surface area contributed by atoms with Crippen molar-refractivity contribution >= 4 is 0 Å². The fraction of sp³-hybridized carbons (Fsp3) is 0.769. The average Bonchev–Trinajstić information content (AvgIpc) is 2.73. The van der Waals surface area contributed by atoms with Crippen molar-refractivity contribution < 1.29 is 0 Å². The van der Waals surface area contributed by atoms with Crippen LogP contribution in [-0.2, 0) is 0 Å². The van der Waals surface area contributed by atoms with E-state index in [-0.39, 0.29) is 0 Å². The summed E-state index contributed by atoms with van der Waals surface area (Å²) >= 11 is 0.